The lowest BCUT2D eigenvalue weighted by molar-refractivity contribution is 0.543. The molecule has 2 rings (SSSR count). The summed E-state index contributed by atoms with van der Waals surface area (Å²) in [5, 5.41) is 0. The summed E-state index contributed by atoms with van der Waals surface area (Å²) in [4.78, 5) is 0. The predicted molar refractivity (Wildman–Crippen MR) is 75.8 cm³/mol. The molecule has 0 nitrogen and oxygen atoms in total. The summed E-state index contributed by atoms with van der Waals surface area (Å²) in [6.45, 7) is 2.24. The second-order valence-corrected chi connectivity index (χ2v) is 5.02. The Hall–Kier alpha value is -1.37. The Kier molecular flexibility index (Phi) is 4.74. The largest absolute Gasteiger partial charge is 0.207 e. The van der Waals surface area contributed by atoms with Gasteiger partial charge in [-0.05, 0) is 42.0 Å². The fourth-order valence-corrected chi connectivity index (χ4v) is 2.39. The SMILES string of the molecule is CCCCCC1C=CC(c2ccc(F)cc2)=CC1. The van der Waals surface area contributed by atoms with Crippen molar-refractivity contribution >= 4 is 5.57 Å². The molecule has 1 unspecified atom stereocenters. The summed E-state index contributed by atoms with van der Waals surface area (Å²) in [6.07, 6.45) is 13.1. The highest BCUT2D eigenvalue weighted by molar-refractivity contribution is 5.74. The van der Waals surface area contributed by atoms with Gasteiger partial charge in [0.2, 0.25) is 0 Å². The van der Waals surface area contributed by atoms with Crippen molar-refractivity contribution in [3.63, 3.8) is 0 Å². The number of benzene rings is 1. The average molecular weight is 244 g/mol. The molecule has 1 aliphatic carbocycles. The Morgan fingerprint density at radius 1 is 1.17 bits per heavy atom. The average Bonchev–Trinajstić information content (AvgIpc) is 2.41. The number of allylic oxidation sites excluding steroid dienone is 4. The Balaban J connectivity index is 1.91. The standard InChI is InChI=1S/C17H21F/c1-2-3-4-5-14-6-8-15(9-7-14)16-10-12-17(18)13-11-16/h6,8-14H,2-5,7H2,1H3. The monoisotopic (exact) mass is 244 g/mol. The highest BCUT2D eigenvalue weighted by Gasteiger charge is 2.09. The molecule has 0 N–H and O–H groups in total. The molecule has 0 radical (unpaired) electrons. The van der Waals surface area contributed by atoms with Gasteiger partial charge >= 0.3 is 0 Å². The fraction of sp³-hybridized carbons (Fsp3) is 0.412. The van der Waals surface area contributed by atoms with Gasteiger partial charge in [0, 0.05) is 0 Å². The van der Waals surface area contributed by atoms with Crippen molar-refractivity contribution in [2.24, 2.45) is 5.92 Å². The van der Waals surface area contributed by atoms with Crippen LogP contribution in [0.3, 0.4) is 0 Å². The highest BCUT2D eigenvalue weighted by Crippen LogP contribution is 2.27. The first-order valence-corrected chi connectivity index (χ1v) is 6.94. The van der Waals surface area contributed by atoms with Crippen LogP contribution >= 0.6 is 0 Å². The molecule has 0 aliphatic heterocycles. The van der Waals surface area contributed by atoms with E-state index in [4.69, 9.17) is 0 Å². The summed E-state index contributed by atoms with van der Waals surface area (Å²) >= 11 is 0. The lowest BCUT2D eigenvalue weighted by Gasteiger charge is -2.16. The minimum Gasteiger partial charge on any atom is -0.207 e. The molecule has 96 valence electrons. The van der Waals surface area contributed by atoms with E-state index in [0.29, 0.717) is 5.92 Å². The second-order valence-electron chi connectivity index (χ2n) is 5.02. The normalized spacial score (nSPS) is 18.8. The number of unbranched alkanes of at least 4 members (excludes halogenated alkanes) is 2. The van der Waals surface area contributed by atoms with E-state index in [1.54, 1.807) is 0 Å². The summed E-state index contributed by atoms with van der Waals surface area (Å²) in [7, 11) is 0. The van der Waals surface area contributed by atoms with Crippen LogP contribution in [0.5, 0.6) is 0 Å². The molecule has 1 aliphatic rings. The molecule has 1 heteroatoms. The van der Waals surface area contributed by atoms with Gasteiger partial charge in [0.05, 0.1) is 0 Å². The topological polar surface area (TPSA) is 0 Å². The molecule has 0 heterocycles. The Bertz CT molecular complexity index is 425. The summed E-state index contributed by atoms with van der Waals surface area (Å²) < 4.78 is 12.9. The van der Waals surface area contributed by atoms with Gasteiger partial charge in [0.25, 0.3) is 0 Å². The van der Waals surface area contributed by atoms with Crippen LogP contribution in [0, 0.1) is 11.7 Å². The highest BCUT2D eigenvalue weighted by atomic mass is 19.1. The first-order chi connectivity index (χ1) is 8.79. The molecular weight excluding hydrogens is 223 g/mol. The maximum atomic E-state index is 12.9. The zero-order chi connectivity index (χ0) is 12.8. The lowest BCUT2D eigenvalue weighted by atomic mass is 9.89. The number of halogens is 1. The van der Waals surface area contributed by atoms with Crippen LogP contribution in [0.25, 0.3) is 5.57 Å². The van der Waals surface area contributed by atoms with Crippen LogP contribution in [0.1, 0.15) is 44.6 Å². The van der Waals surface area contributed by atoms with E-state index in [-0.39, 0.29) is 5.82 Å². The Labute approximate surface area is 109 Å². The van der Waals surface area contributed by atoms with Crippen LogP contribution in [0.2, 0.25) is 0 Å². The van der Waals surface area contributed by atoms with E-state index >= 15 is 0 Å². The molecular formula is C17H21F. The van der Waals surface area contributed by atoms with Crippen LogP contribution in [0.15, 0.2) is 42.5 Å². The smallest absolute Gasteiger partial charge is 0.123 e. The van der Waals surface area contributed by atoms with Gasteiger partial charge < -0.3 is 0 Å². The predicted octanol–water partition coefficient (Wildman–Crippen LogP) is 5.37. The fourth-order valence-electron chi connectivity index (χ4n) is 2.39. The van der Waals surface area contributed by atoms with Crippen molar-refractivity contribution in [3.05, 3.63) is 53.9 Å². The molecule has 0 aromatic heterocycles. The third-order valence-corrected chi connectivity index (χ3v) is 3.54. The number of hydrogen-bond acceptors (Lipinski definition) is 0. The van der Waals surface area contributed by atoms with E-state index in [1.165, 1.54) is 43.4 Å². The van der Waals surface area contributed by atoms with Gasteiger partial charge in [-0.15, -0.1) is 0 Å². The molecule has 1 atom stereocenters. The van der Waals surface area contributed by atoms with Gasteiger partial charge in [0.1, 0.15) is 5.82 Å². The Morgan fingerprint density at radius 2 is 1.94 bits per heavy atom. The third kappa shape index (κ3) is 3.56. The minimum atomic E-state index is -0.170. The van der Waals surface area contributed by atoms with E-state index in [0.717, 1.165) is 12.0 Å². The summed E-state index contributed by atoms with van der Waals surface area (Å²) in [5.41, 5.74) is 2.33. The van der Waals surface area contributed by atoms with Gasteiger partial charge in [-0.25, -0.2) is 4.39 Å². The van der Waals surface area contributed by atoms with Crippen LogP contribution in [-0.2, 0) is 0 Å². The van der Waals surface area contributed by atoms with Crippen molar-refractivity contribution in [2.45, 2.75) is 39.0 Å². The minimum absolute atomic E-state index is 0.170. The molecule has 1 aromatic carbocycles. The molecule has 0 saturated carbocycles. The maximum absolute atomic E-state index is 12.9. The zero-order valence-corrected chi connectivity index (χ0v) is 11.0. The second kappa shape index (κ2) is 6.53. The van der Waals surface area contributed by atoms with Crippen LogP contribution in [-0.4, -0.2) is 0 Å². The van der Waals surface area contributed by atoms with E-state index < -0.39 is 0 Å². The van der Waals surface area contributed by atoms with E-state index in [9.17, 15) is 4.39 Å². The molecule has 0 bridgehead atoms. The van der Waals surface area contributed by atoms with Crippen molar-refractivity contribution in [1.82, 2.24) is 0 Å². The first-order valence-electron chi connectivity index (χ1n) is 6.94. The molecule has 18 heavy (non-hydrogen) atoms. The molecule has 0 saturated heterocycles. The van der Waals surface area contributed by atoms with Gasteiger partial charge in [-0.2, -0.15) is 0 Å². The summed E-state index contributed by atoms with van der Waals surface area (Å²) in [5.74, 6) is 0.525. The van der Waals surface area contributed by atoms with Gasteiger partial charge in [-0.3, -0.25) is 0 Å². The molecule has 0 fully saturated rings. The van der Waals surface area contributed by atoms with Crippen LogP contribution in [0.4, 0.5) is 4.39 Å². The van der Waals surface area contributed by atoms with Crippen molar-refractivity contribution in [1.29, 1.82) is 0 Å². The molecule has 1 aromatic rings. The Morgan fingerprint density at radius 3 is 2.56 bits per heavy atom. The lowest BCUT2D eigenvalue weighted by Crippen LogP contribution is -1.99. The van der Waals surface area contributed by atoms with Gasteiger partial charge in [-0.1, -0.05) is 56.5 Å². The van der Waals surface area contributed by atoms with Crippen LogP contribution < -0.4 is 0 Å². The van der Waals surface area contributed by atoms with Crippen molar-refractivity contribution < 1.29 is 4.39 Å². The third-order valence-electron chi connectivity index (χ3n) is 3.54. The first kappa shape index (κ1) is 13.1. The number of hydrogen-bond donors (Lipinski definition) is 0. The quantitative estimate of drug-likeness (QED) is 0.611. The van der Waals surface area contributed by atoms with Crippen molar-refractivity contribution in [3.8, 4) is 0 Å². The van der Waals surface area contributed by atoms with Crippen molar-refractivity contribution in [2.75, 3.05) is 0 Å². The number of rotatable bonds is 5. The van der Waals surface area contributed by atoms with E-state index in [2.05, 4.69) is 25.2 Å². The zero-order valence-electron chi connectivity index (χ0n) is 11.0. The van der Waals surface area contributed by atoms with E-state index in [1.807, 2.05) is 12.1 Å². The molecule has 0 spiro atoms. The maximum Gasteiger partial charge on any atom is 0.123 e. The van der Waals surface area contributed by atoms with Gasteiger partial charge in [0.15, 0.2) is 0 Å². The summed E-state index contributed by atoms with van der Waals surface area (Å²) in [6, 6.07) is 6.75. The molecule has 0 amide bonds.